The summed E-state index contributed by atoms with van der Waals surface area (Å²) in [5, 5.41) is 16.6. The highest BCUT2D eigenvalue weighted by molar-refractivity contribution is 7.98. The molecule has 0 saturated heterocycles. The highest BCUT2D eigenvalue weighted by atomic mass is 32.2. The fourth-order valence-electron chi connectivity index (χ4n) is 1.04. The van der Waals surface area contributed by atoms with E-state index in [-0.39, 0.29) is 5.56 Å². The van der Waals surface area contributed by atoms with Crippen LogP contribution >= 0.6 is 11.8 Å². The van der Waals surface area contributed by atoms with E-state index in [1.165, 1.54) is 35.1 Å². The summed E-state index contributed by atoms with van der Waals surface area (Å²) in [4.78, 5) is 10.6. The summed E-state index contributed by atoms with van der Waals surface area (Å²) >= 11 is 1.31. The Balaban J connectivity index is 2.00. The van der Waals surface area contributed by atoms with Gasteiger partial charge in [-0.25, -0.2) is 9.47 Å². The van der Waals surface area contributed by atoms with Crippen LogP contribution in [0.1, 0.15) is 16.1 Å². The standard InChI is InChI=1S/C8H8N4O3S/c9-12-4-10-11-8(12)16-3-6-1-5(2-15-6)7(13)14/h1-2,4H,3,9H2,(H,13,14). The van der Waals surface area contributed by atoms with Crippen molar-refractivity contribution in [1.29, 1.82) is 0 Å². The molecule has 84 valence electrons. The first kappa shape index (κ1) is 10.6. The van der Waals surface area contributed by atoms with Crippen LogP contribution < -0.4 is 5.84 Å². The summed E-state index contributed by atoms with van der Waals surface area (Å²) in [6.07, 6.45) is 2.58. The van der Waals surface area contributed by atoms with Crippen molar-refractivity contribution in [2.24, 2.45) is 0 Å². The van der Waals surface area contributed by atoms with Crippen LogP contribution in [0, 0.1) is 0 Å². The zero-order valence-electron chi connectivity index (χ0n) is 8.03. The number of aromatic carboxylic acids is 1. The quantitative estimate of drug-likeness (QED) is 0.594. The fraction of sp³-hybridized carbons (Fsp3) is 0.125. The third kappa shape index (κ3) is 2.16. The Morgan fingerprint density at radius 2 is 2.50 bits per heavy atom. The molecule has 0 aliphatic carbocycles. The Bertz CT molecular complexity index is 507. The molecule has 0 amide bonds. The SMILES string of the molecule is Nn1cnnc1SCc1cc(C(=O)O)co1. The van der Waals surface area contributed by atoms with E-state index in [0.29, 0.717) is 16.7 Å². The molecule has 16 heavy (non-hydrogen) atoms. The van der Waals surface area contributed by atoms with Crippen molar-refractivity contribution in [3.05, 3.63) is 30.0 Å². The van der Waals surface area contributed by atoms with E-state index in [4.69, 9.17) is 15.4 Å². The average Bonchev–Trinajstić information content (AvgIpc) is 2.83. The van der Waals surface area contributed by atoms with Crippen LogP contribution in [0.4, 0.5) is 0 Å². The summed E-state index contributed by atoms with van der Waals surface area (Å²) in [7, 11) is 0. The zero-order chi connectivity index (χ0) is 11.5. The van der Waals surface area contributed by atoms with Crippen LogP contribution in [0.5, 0.6) is 0 Å². The summed E-state index contributed by atoms with van der Waals surface area (Å²) in [5.41, 5.74) is 0.129. The van der Waals surface area contributed by atoms with Crippen LogP contribution in [0.3, 0.4) is 0 Å². The van der Waals surface area contributed by atoms with Gasteiger partial charge in [0.25, 0.3) is 0 Å². The van der Waals surface area contributed by atoms with Gasteiger partial charge in [-0.1, -0.05) is 11.8 Å². The number of thioether (sulfide) groups is 1. The molecule has 0 fully saturated rings. The minimum atomic E-state index is -1.01. The van der Waals surface area contributed by atoms with Crippen molar-refractivity contribution in [2.75, 3.05) is 5.84 Å². The molecule has 8 heteroatoms. The van der Waals surface area contributed by atoms with Crippen molar-refractivity contribution in [1.82, 2.24) is 14.9 Å². The molecule has 0 unspecified atom stereocenters. The van der Waals surface area contributed by atoms with Crippen LogP contribution in [0.25, 0.3) is 0 Å². The number of nitrogens with zero attached hydrogens (tertiary/aromatic N) is 3. The molecule has 0 radical (unpaired) electrons. The van der Waals surface area contributed by atoms with E-state index in [0.717, 1.165) is 0 Å². The molecule has 0 bridgehead atoms. The first-order valence-electron chi connectivity index (χ1n) is 4.25. The van der Waals surface area contributed by atoms with Crippen LogP contribution in [0.2, 0.25) is 0 Å². The molecule has 2 heterocycles. The number of hydrogen-bond acceptors (Lipinski definition) is 6. The lowest BCUT2D eigenvalue weighted by Gasteiger charge is -1.96. The van der Waals surface area contributed by atoms with Gasteiger partial charge in [0.1, 0.15) is 18.4 Å². The molecular weight excluding hydrogens is 232 g/mol. The molecule has 7 nitrogen and oxygen atoms in total. The molecule has 2 aromatic rings. The predicted octanol–water partition coefficient (Wildman–Crippen LogP) is 0.575. The average molecular weight is 240 g/mol. The van der Waals surface area contributed by atoms with Gasteiger partial charge in [0.2, 0.25) is 5.16 Å². The van der Waals surface area contributed by atoms with Crippen LogP contribution in [-0.4, -0.2) is 25.9 Å². The Kier molecular flexibility index (Phi) is 2.82. The molecule has 0 aromatic carbocycles. The lowest BCUT2D eigenvalue weighted by atomic mass is 10.3. The number of aromatic nitrogens is 3. The lowest BCUT2D eigenvalue weighted by Crippen LogP contribution is -2.07. The molecule has 0 saturated carbocycles. The molecule has 0 aliphatic rings. The van der Waals surface area contributed by atoms with Crippen molar-refractivity contribution < 1.29 is 14.3 Å². The summed E-state index contributed by atoms with van der Waals surface area (Å²) < 4.78 is 6.35. The normalized spacial score (nSPS) is 10.5. The minimum Gasteiger partial charge on any atom is -0.478 e. The Labute approximate surface area is 94.2 Å². The molecule has 0 spiro atoms. The van der Waals surface area contributed by atoms with Gasteiger partial charge >= 0.3 is 5.97 Å². The Morgan fingerprint density at radius 3 is 3.06 bits per heavy atom. The molecule has 2 rings (SSSR count). The number of carboxylic acid groups (broad SMARTS) is 1. The van der Waals surface area contributed by atoms with Gasteiger partial charge in [0.05, 0.1) is 11.3 Å². The number of carboxylic acids is 1. The maximum atomic E-state index is 10.6. The first-order valence-corrected chi connectivity index (χ1v) is 5.24. The van der Waals surface area contributed by atoms with Crippen LogP contribution in [-0.2, 0) is 5.75 Å². The van der Waals surface area contributed by atoms with Gasteiger partial charge in [-0.15, -0.1) is 10.2 Å². The summed E-state index contributed by atoms with van der Waals surface area (Å²) in [5.74, 6) is 5.49. The van der Waals surface area contributed by atoms with Gasteiger partial charge in [-0.2, -0.15) is 0 Å². The summed E-state index contributed by atoms with van der Waals surface area (Å²) in [6.45, 7) is 0. The van der Waals surface area contributed by atoms with Gasteiger partial charge < -0.3 is 15.4 Å². The molecule has 0 aliphatic heterocycles. The topological polar surface area (TPSA) is 107 Å². The number of furan rings is 1. The smallest absolute Gasteiger partial charge is 0.338 e. The van der Waals surface area contributed by atoms with Crippen molar-refractivity contribution >= 4 is 17.7 Å². The van der Waals surface area contributed by atoms with Crippen molar-refractivity contribution in [3.8, 4) is 0 Å². The Morgan fingerprint density at radius 1 is 1.69 bits per heavy atom. The second-order valence-electron chi connectivity index (χ2n) is 2.92. The Hall–Kier alpha value is -1.96. The van der Waals surface area contributed by atoms with E-state index in [1.54, 1.807) is 0 Å². The fourth-order valence-corrected chi connectivity index (χ4v) is 1.76. The molecule has 2 aromatic heterocycles. The summed E-state index contributed by atoms with van der Waals surface area (Å²) in [6, 6.07) is 1.46. The number of nitrogen functional groups attached to an aromatic ring is 1. The van der Waals surface area contributed by atoms with Gasteiger partial charge in [0, 0.05) is 0 Å². The second-order valence-corrected chi connectivity index (χ2v) is 3.86. The third-order valence-electron chi connectivity index (χ3n) is 1.78. The van der Waals surface area contributed by atoms with Gasteiger partial charge in [-0.05, 0) is 6.07 Å². The number of hydrogen-bond donors (Lipinski definition) is 2. The molecule has 3 N–H and O–H groups in total. The van der Waals surface area contributed by atoms with E-state index >= 15 is 0 Å². The number of carbonyl (C=O) groups is 1. The molecular formula is C8H8N4O3S. The number of nitrogens with two attached hydrogens (primary N) is 1. The lowest BCUT2D eigenvalue weighted by molar-refractivity contribution is 0.0696. The maximum absolute atomic E-state index is 10.6. The van der Waals surface area contributed by atoms with Crippen LogP contribution in [0.15, 0.2) is 28.2 Å². The van der Waals surface area contributed by atoms with Crippen molar-refractivity contribution in [3.63, 3.8) is 0 Å². The van der Waals surface area contributed by atoms with E-state index in [9.17, 15) is 4.79 Å². The first-order chi connectivity index (χ1) is 7.66. The molecule has 0 atom stereocenters. The monoisotopic (exact) mass is 240 g/mol. The number of rotatable bonds is 4. The second kappa shape index (κ2) is 4.27. The van der Waals surface area contributed by atoms with E-state index < -0.39 is 5.97 Å². The van der Waals surface area contributed by atoms with Gasteiger partial charge in [-0.3, -0.25) is 0 Å². The van der Waals surface area contributed by atoms with Gasteiger partial charge in [0.15, 0.2) is 0 Å². The largest absolute Gasteiger partial charge is 0.478 e. The van der Waals surface area contributed by atoms with E-state index in [2.05, 4.69) is 10.2 Å². The van der Waals surface area contributed by atoms with E-state index in [1.807, 2.05) is 0 Å². The highest BCUT2D eigenvalue weighted by Gasteiger charge is 2.09. The zero-order valence-corrected chi connectivity index (χ0v) is 8.85. The predicted molar refractivity (Wildman–Crippen MR) is 55.4 cm³/mol. The third-order valence-corrected chi connectivity index (χ3v) is 2.76. The van der Waals surface area contributed by atoms with Crippen molar-refractivity contribution in [2.45, 2.75) is 10.9 Å². The highest BCUT2D eigenvalue weighted by Crippen LogP contribution is 2.20. The maximum Gasteiger partial charge on any atom is 0.338 e. The minimum absolute atomic E-state index is 0.129.